The third-order valence-electron chi connectivity index (χ3n) is 1.53. The molecule has 0 saturated heterocycles. The topological polar surface area (TPSA) is 38.9 Å². The molecule has 0 bridgehead atoms. The van der Waals surface area contributed by atoms with Crippen molar-refractivity contribution in [3.8, 4) is 0 Å². The number of alkyl halides is 5. The minimum atomic E-state index is -5.66. The third kappa shape index (κ3) is 2.47. The zero-order chi connectivity index (χ0) is 11.0. The van der Waals surface area contributed by atoms with E-state index in [2.05, 4.69) is 4.98 Å². The van der Waals surface area contributed by atoms with E-state index in [0.29, 0.717) is 6.07 Å². The fraction of sp³-hybridized carbons (Fsp3) is 0.286. The van der Waals surface area contributed by atoms with Crippen LogP contribution in [0.5, 0.6) is 0 Å². The molecule has 0 aliphatic rings. The summed E-state index contributed by atoms with van der Waals surface area (Å²) in [6.07, 6.45) is -4.63. The van der Waals surface area contributed by atoms with E-state index in [9.17, 15) is 22.0 Å². The average Bonchev–Trinajstić information content (AvgIpc) is 2.02. The molecule has 0 saturated carbocycles. The molecular weight excluding hydrogens is 243 g/mol. The SMILES string of the molecule is Cl.Nc1ncccc1C(F)(F)C(F)(F)F. The predicted molar refractivity (Wildman–Crippen MR) is 45.8 cm³/mol. The molecule has 0 aromatic carbocycles. The lowest BCUT2D eigenvalue weighted by molar-refractivity contribution is -0.289. The number of halogens is 6. The van der Waals surface area contributed by atoms with Crippen molar-refractivity contribution in [3.63, 3.8) is 0 Å². The molecule has 1 aromatic heterocycles. The zero-order valence-corrected chi connectivity index (χ0v) is 7.87. The molecule has 0 atom stereocenters. The van der Waals surface area contributed by atoms with Gasteiger partial charge in [-0.2, -0.15) is 22.0 Å². The zero-order valence-electron chi connectivity index (χ0n) is 7.05. The van der Waals surface area contributed by atoms with Crippen molar-refractivity contribution in [2.45, 2.75) is 12.1 Å². The maximum atomic E-state index is 12.7. The van der Waals surface area contributed by atoms with Crippen LogP contribution in [0.2, 0.25) is 0 Å². The van der Waals surface area contributed by atoms with Crippen LogP contribution in [0, 0.1) is 0 Å². The van der Waals surface area contributed by atoms with Crippen LogP contribution in [0.15, 0.2) is 18.3 Å². The number of nitrogen functional groups attached to an aromatic ring is 1. The summed E-state index contributed by atoms with van der Waals surface area (Å²) in [7, 11) is 0. The van der Waals surface area contributed by atoms with Gasteiger partial charge < -0.3 is 5.73 Å². The molecule has 1 aromatic rings. The molecule has 86 valence electrons. The van der Waals surface area contributed by atoms with E-state index in [0.717, 1.165) is 12.3 Å². The summed E-state index contributed by atoms with van der Waals surface area (Å²) in [6.45, 7) is 0. The highest BCUT2D eigenvalue weighted by atomic mass is 35.5. The van der Waals surface area contributed by atoms with Gasteiger partial charge in [-0.25, -0.2) is 4.98 Å². The summed E-state index contributed by atoms with van der Waals surface area (Å²) in [5.41, 5.74) is 3.59. The second-order valence-corrected chi connectivity index (χ2v) is 2.51. The minimum absolute atomic E-state index is 0. The van der Waals surface area contributed by atoms with Crippen molar-refractivity contribution >= 4 is 18.2 Å². The van der Waals surface area contributed by atoms with E-state index in [1.807, 2.05) is 0 Å². The molecule has 0 unspecified atom stereocenters. The van der Waals surface area contributed by atoms with Crippen LogP contribution in [-0.2, 0) is 5.92 Å². The van der Waals surface area contributed by atoms with Crippen LogP contribution in [0.4, 0.5) is 27.8 Å². The van der Waals surface area contributed by atoms with Crippen molar-refractivity contribution < 1.29 is 22.0 Å². The molecule has 0 aliphatic carbocycles. The molecule has 0 fully saturated rings. The number of hydrogen-bond donors (Lipinski definition) is 1. The molecule has 2 N–H and O–H groups in total. The van der Waals surface area contributed by atoms with E-state index in [1.54, 1.807) is 0 Å². The quantitative estimate of drug-likeness (QED) is 0.776. The van der Waals surface area contributed by atoms with Gasteiger partial charge in [-0.3, -0.25) is 0 Å². The Morgan fingerprint density at radius 1 is 1.13 bits per heavy atom. The van der Waals surface area contributed by atoms with Crippen LogP contribution in [-0.4, -0.2) is 11.2 Å². The molecular formula is C7H6ClF5N2. The van der Waals surface area contributed by atoms with Gasteiger partial charge >= 0.3 is 12.1 Å². The molecule has 0 aliphatic heterocycles. The minimum Gasteiger partial charge on any atom is -0.383 e. The fourth-order valence-corrected chi connectivity index (χ4v) is 0.836. The maximum absolute atomic E-state index is 12.7. The van der Waals surface area contributed by atoms with Crippen LogP contribution in [0.3, 0.4) is 0 Å². The first kappa shape index (κ1) is 13.9. The van der Waals surface area contributed by atoms with E-state index < -0.39 is 23.5 Å². The van der Waals surface area contributed by atoms with Crippen LogP contribution >= 0.6 is 12.4 Å². The first-order valence-corrected chi connectivity index (χ1v) is 3.42. The number of anilines is 1. The molecule has 1 rings (SSSR count). The van der Waals surface area contributed by atoms with Gasteiger partial charge in [0.2, 0.25) is 0 Å². The van der Waals surface area contributed by atoms with Crippen molar-refractivity contribution in [3.05, 3.63) is 23.9 Å². The van der Waals surface area contributed by atoms with Gasteiger partial charge in [0.05, 0.1) is 5.56 Å². The Balaban J connectivity index is 0.00000196. The molecule has 15 heavy (non-hydrogen) atoms. The van der Waals surface area contributed by atoms with Crippen molar-refractivity contribution in [2.24, 2.45) is 0 Å². The van der Waals surface area contributed by atoms with Gasteiger partial charge in [-0.05, 0) is 12.1 Å². The smallest absolute Gasteiger partial charge is 0.383 e. The molecule has 0 radical (unpaired) electrons. The number of nitrogens with two attached hydrogens (primary N) is 1. The summed E-state index contributed by atoms with van der Waals surface area (Å²) in [6, 6.07) is 1.56. The third-order valence-corrected chi connectivity index (χ3v) is 1.53. The van der Waals surface area contributed by atoms with Crippen molar-refractivity contribution in [1.29, 1.82) is 0 Å². The van der Waals surface area contributed by atoms with Gasteiger partial charge in [0.1, 0.15) is 5.82 Å². The Morgan fingerprint density at radius 2 is 1.67 bits per heavy atom. The first-order chi connectivity index (χ1) is 6.27. The second-order valence-electron chi connectivity index (χ2n) is 2.51. The Kier molecular flexibility index (Phi) is 3.87. The largest absolute Gasteiger partial charge is 0.458 e. The summed E-state index contributed by atoms with van der Waals surface area (Å²) in [5, 5.41) is 0. The van der Waals surface area contributed by atoms with Crippen molar-refractivity contribution in [2.75, 3.05) is 5.73 Å². The van der Waals surface area contributed by atoms with Crippen LogP contribution < -0.4 is 5.73 Å². The van der Waals surface area contributed by atoms with E-state index in [-0.39, 0.29) is 12.4 Å². The highest BCUT2D eigenvalue weighted by molar-refractivity contribution is 5.85. The van der Waals surface area contributed by atoms with Gasteiger partial charge in [-0.1, -0.05) is 0 Å². The van der Waals surface area contributed by atoms with E-state index in [1.165, 1.54) is 0 Å². The van der Waals surface area contributed by atoms with Gasteiger partial charge in [0, 0.05) is 6.20 Å². The lowest BCUT2D eigenvalue weighted by atomic mass is 10.1. The molecule has 1 heterocycles. The van der Waals surface area contributed by atoms with Gasteiger partial charge in [0.25, 0.3) is 0 Å². The monoisotopic (exact) mass is 248 g/mol. The Labute approximate surface area is 87.7 Å². The molecule has 0 amide bonds. The van der Waals surface area contributed by atoms with E-state index in [4.69, 9.17) is 5.73 Å². The highest BCUT2D eigenvalue weighted by Crippen LogP contribution is 2.45. The first-order valence-electron chi connectivity index (χ1n) is 3.42. The predicted octanol–water partition coefficient (Wildman–Crippen LogP) is 2.74. The number of pyridine rings is 1. The number of rotatable bonds is 1. The molecule has 0 spiro atoms. The average molecular weight is 249 g/mol. The summed E-state index contributed by atoms with van der Waals surface area (Å²) in [4.78, 5) is 3.16. The Hall–Kier alpha value is -1.11. The van der Waals surface area contributed by atoms with Crippen LogP contribution in [0.1, 0.15) is 5.56 Å². The maximum Gasteiger partial charge on any atom is 0.458 e. The molecule has 2 nitrogen and oxygen atoms in total. The second kappa shape index (κ2) is 4.18. The highest BCUT2D eigenvalue weighted by Gasteiger charge is 2.59. The van der Waals surface area contributed by atoms with Gasteiger partial charge in [-0.15, -0.1) is 12.4 Å². The number of aromatic nitrogens is 1. The lowest BCUT2D eigenvalue weighted by Gasteiger charge is -2.20. The number of nitrogens with zero attached hydrogens (tertiary/aromatic N) is 1. The van der Waals surface area contributed by atoms with Gasteiger partial charge in [0.15, 0.2) is 0 Å². The number of hydrogen-bond acceptors (Lipinski definition) is 2. The summed E-state index contributed by atoms with van der Waals surface area (Å²) in [5.74, 6) is -5.79. The van der Waals surface area contributed by atoms with E-state index >= 15 is 0 Å². The van der Waals surface area contributed by atoms with Crippen LogP contribution in [0.25, 0.3) is 0 Å². The Bertz CT molecular complexity index is 338. The normalized spacial score (nSPS) is 12.1. The lowest BCUT2D eigenvalue weighted by Crippen LogP contribution is -2.34. The summed E-state index contributed by atoms with van der Waals surface area (Å²) >= 11 is 0. The van der Waals surface area contributed by atoms with Crippen molar-refractivity contribution in [1.82, 2.24) is 4.98 Å². The standard InChI is InChI=1S/C7H5F5N2.ClH/c8-6(9,7(10,11)12)4-2-1-3-14-5(4)13;/h1-3H,(H2,13,14);1H. The summed E-state index contributed by atoms with van der Waals surface area (Å²) < 4.78 is 61.0. The Morgan fingerprint density at radius 3 is 2.07 bits per heavy atom. The fourth-order valence-electron chi connectivity index (χ4n) is 0.836. The molecule has 8 heteroatoms.